The molecule has 0 radical (unpaired) electrons. The summed E-state index contributed by atoms with van der Waals surface area (Å²) in [4.78, 5) is 16.8. The Morgan fingerprint density at radius 3 is 2.56 bits per heavy atom. The van der Waals surface area contributed by atoms with Gasteiger partial charge in [-0.05, 0) is 61.6 Å². The summed E-state index contributed by atoms with van der Waals surface area (Å²) in [6, 6.07) is 3.97. The van der Waals surface area contributed by atoms with Crippen LogP contribution in [0, 0.1) is 9.39 Å². The largest absolute Gasteiger partial charge is 0.275 e. The lowest BCUT2D eigenvalue weighted by molar-refractivity contribution is -0.0590. The highest BCUT2D eigenvalue weighted by Crippen LogP contribution is 2.14. The second-order valence-corrected chi connectivity index (χ2v) is 5.43. The lowest BCUT2D eigenvalue weighted by atomic mass is 10.2. The minimum absolute atomic E-state index is 0.363. The number of nitrogens with one attached hydrogen (secondary N) is 1. The molecule has 0 spiro atoms. The van der Waals surface area contributed by atoms with E-state index in [4.69, 9.17) is 4.84 Å². The van der Waals surface area contributed by atoms with E-state index in [1.165, 1.54) is 18.2 Å². The van der Waals surface area contributed by atoms with E-state index in [0.29, 0.717) is 9.13 Å². The average Bonchev–Trinajstić information content (AvgIpc) is 2.13. The van der Waals surface area contributed by atoms with Crippen LogP contribution in [0.3, 0.4) is 0 Å². The van der Waals surface area contributed by atoms with Crippen molar-refractivity contribution in [3.05, 3.63) is 33.1 Å². The first kappa shape index (κ1) is 13.4. The van der Waals surface area contributed by atoms with Crippen LogP contribution in [0.15, 0.2) is 18.2 Å². The number of rotatable bonds is 2. The third kappa shape index (κ3) is 4.05. The zero-order valence-corrected chi connectivity index (χ0v) is 11.5. The van der Waals surface area contributed by atoms with Crippen molar-refractivity contribution in [2.75, 3.05) is 0 Å². The Balaban J connectivity index is 2.74. The van der Waals surface area contributed by atoms with Gasteiger partial charge in [-0.2, -0.15) is 0 Å². The summed E-state index contributed by atoms with van der Waals surface area (Å²) in [6.07, 6.45) is 0. The molecule has 0 aliphatic heterocycles. The van der Waals surface area contributed by atoms with Crippen LogP contribution in [-0.4, -0.2) is 11.5 Å². The fourth-order valence-corrected chi connectivity index (χ4v) is 1.65. The van der Waals surface area contributed by atoms with Gasteiger partial charge in [0.05, 0.1) is 11.2 Å². The SMILES string of the molecule is CC(C)(C)ONC(=O)c1ccc(F)cc1I. The molecular weight excluding hydrogens is 324 g/mol. The molecule has 16 heavy (non-hydrogen) atoms. The quantitative estimate of drug-likeness (QED) is 0.666. The van der Waals surface area contributed by atoms with Crippen molar-refractivity contribution in [1.82, 2.24) is 5.48 Å². The fraction of sp³-hybridized carbons (Fsp3) is 0.364. The molecule has 0 bridgehead atoms. The monoisotopic (exact) mass is 337 g/mol. The first-order chi connectivity index (χ1) is 7.29. The third-order valence-corrected chi connectivity index (χ3v) is 2.52. The van der Waals surface area contributed by atoms with Crippen molar-refractivity contribution < 1.29 is 14.0 Å². The summed E-state index contributed by atoms with van der Waals surface area (Å²) in [5.41, 5.74) is 2.27. The number of hydroxylamine groups is 1. The maximum Gasteiger partial charge on any atom is 0.275 e. The molecule has 0 aliphatic carbocycles. The average molecular weight is 337 g/mol. The Labute approximate surface area is 107 Å². The highest BCUT2D eigenvalue weighted by Gasteiger charge is 2.15. The highest BCUT2D eigenvalue weighted by atomic mass is 127. The van der Waals surface area contributed by atoms with Gasteiger partial charge in [0.1, 0.15) is 5.82 Å². The molecule has 0 aromatic heterocycles. The lowest BCUT2D eigenvalue weighted by Gasteiger charge is -2.19. The topological polar surface area (TPSA) is 38.3 Å². The molecule has 0 saturated heterocycles. The molecule has 0 aliphatic rings. The molecule has 1 aromatic carbocycles. The van der Waals surface area contributed by atoms with Crippen molar-refractivity contribution >= 4 is 28.5 Å². The zero-order chi connectivity index (χ0) is 12.3. The minimum Gasteiger partial charge on any atom is -0.268 e. The molecule has 0 fully saturated rings. The van der Waals surface area contributed by atoms with E-state index in [-0.39, 0.29) is 11.7 Å². The third-order valence-electron chi connectivity index (χ3n) is 1.63. The summed E-state index contributed by atoms with van der Waals surface area (Å²) in [5.74, 6) is -0.739. The molecule has 0 saturated carbocycles. The van der Waals surface area contributed by atoms with Gasteiger partial charge in [-0.15, -0.1) is 0 Å². The van der Waals surface area contributed by atoms with E-state index in [0.717, 1.165) is 0 Å². The van der Waals surface area contributed by atoms with Crippen LogP contribution < -0.4 is 5.48 Å². The van der Waals surface area contributed by atoms with Crippen LogP contribution in [0.2, 0.25) is 0 Å². The number of carbonyl (C=O) groups is 1. The van der Waals surface area contributed by atoms with Gasteiger partial charge in [0.25, 0.3) is 5.91 Å². The summed E-state index contributed by atoms with van der Waals surface area (Å²) in [6.45, 7) is 5.47. The second kappa shape index (κ2) is 5.09. The first-order valence-corrected chi connectivity index (χ1v) is 5.81. The van der Waals surface area contributed by atoms with Crippen molar-refractivity contribution in [3.63, 3.8) is 0 Å². The molecule has 1 amide bonds. The van der Waals surface area contributed by atoms with Gasteiger partial charge in [0.2, 0.25) is 0 Å². The number of benzene rings is 1. The zero-order valence-electron chi connectivity index (χ0n) is 9.30. The van der Waals surface area contributed by atoms with Gasteiger partial charge in [-0.25, -0.2) is 9.87 Å². The molecular formula is C11H13FINO2. The number of hydrogen-bond acceptors (Lipinski definition) is 2. The van der Waals surface area contributed by atoms with Crippen molar-refractivity contribution in [1.29, 1.82) is 0 Å². The Morgan fingerprint density at radius 1 is 1.44 bits per heavy atom. The molecule has 0 heterocycles. The van der Waals surface area contributed by atoms with Crippen LogP contribution in [0.1, 0.15) is 31.1 Å². The maximum atomic E-state index is 12.8. The van der Waals surface area contributed by atoms with Crippen LogP contribution >= 0.6 is 22.6 Å². The van der Waals surface area contributed by atoms with E-state index in [1.54, 1.807) is 0 Å². The Bertz CT molecular complexity index is 401. The van der Waals surface area contributed by atoms with E-state index in [1.807, 2.05) is 43.4 Å². The summed E-state index contributed by atoms with van der Waals surface area (Å²) >= 11 is 1.91. The van der Waals surface area contributed by atoms with Crippen LogP contribution in [0.25, 0.3) is 0 Å². The Morgan fingerprint density at radius 2 is 2.06 bits per heavy atom. The van der Waals surface area contributed by atoms with Gasteiger partial charge in [-0.1, -0.05) is 0 Å². The van der Waals surface area contributed by atoms with Gasteiger partial charge in [-0.3, -0.25) is 9.63 Å². The van der Waals surface area contributed by atoms with Crippen molar-refractivity contribution in [3.8, 4) is 0 Å². The Hall–Kier alpha value is -0.690. The molecule has 1 aromatic rings. The molecule has 3 nitrogen and oxygen atoms in total. The highest BCUT2D eigenvalue weighted by molar-refractivity contribution is 14.1. The van der Waals surface area contributed by atoms with Crippen molar-refractivity contribution in [2.24, 2.45) is 0 Å². The van der Waals surface area contributed by atoms with Crippen LogP contribution in [-0.2, 0) is 4.84 Å². The van der Waals surface area contributed by atoms with Gasteiger partial charge in [0, 0.05) is 3.57 Å². The predicted molar refractivity (Wildman–Crippen MR) is 67.4 cm³/mol. The normalized spacial score (nSPS) is 11.3. The standard InChI is InChI=1S/C11H13FINO2/c1-11(2,3)16-14-10(15)8-5-4-7(12)6-9(8)13/h4-6H,1-3H3,(H,14,15). The lowest BCUT2D eigenvalue weighted by Crippen LogP contribution is -2.33. The van der Waals surface area contributed by atoms with Gasteiger partial charge in [0.15, 0.2) is 0 Å². The fourth-order valence-electron chi connectivity index (χ4n) is 0.928. The van der Waals surface area contributed by atoms with E-state index in [9.17, 15) is 9.18 Å². The summed E-state index contributed by atoms with van der Waals surface area (Å²) < 4.78 is 13.4. The molecule has 1 N–H and O–H groups in total. The maximum absolute atomic E-state index is 12.8. The second-order valence-electron chi connectivity index (χ2n) is 4.27. The molecule has 0 unspecified atom stereocenters. The Kier molecular flexibility index (Phi) is 4.26. The number of hydrogen-bond donors (Lipinski definition) is 1. The van der Waals surface area contributed by atoms with Gasteiger partial charge < -0.3 is 0 Å². The predicted octanol–water partition coefficient (Wildman–Crippen LogP) is 2.89. The van der Waals surface area contributed by atoms with Gasteiger partial charge >= 0.3 is 0 Å². The number of amides is 1. The first-order valence-electron chi connectivity index (χ1n) is 4.73. The molecule has 5 heteroatoms. The van der Waals surface area contributed by atoms with E-state index < -0.39 is 5.60 Å². The van der Waals surface area contributed by atoms with E-state index in [2.05, 4.69) is 5.48 Å². The summed E-state index contributed by atoms with van der Waals surface area (Å²) in [5, 5.41) is 0. The van der Waals surface area contributed by atoms with E-state index >= 15 is 0 Å². The van der Waals surface area contributed by atoms with Crippen LogP contribution in [0.5, 0.6) is 0 Å². The smallest absolute Gasteiger partial charge is 0.268 e. The van der Waals surface area contributed by atoms with Crippen LogP contribution in [0.4, 0.5) is 4.39 Å². The van der Waals surface area contributed by atoms with Crippen molar-refractivity contribution in [2.45, 2.75) is 26.4 Å². The minimum atomic E-state index is -0.457. The molecule has 0 atom stereocenters. The number of carbonyl (C=O) groups excluding carboxylic acids is 1. The number of halogens is 2. The molecule has 88 valence electrons. The molecule has 1 rings (SSSR count). The summed E-state index contributed by atoms with van der Waals surface area (Å²) in [7, 11) is 0.